The molecular formula is C26H35N3O4S. The van der Waals surface area contributed by atoms with E-state index in [9.17, 15) is 13.2 Å². The summed E-state index contributed by atoms with van der Waals surface area (Å²) in [6.45, 7) is 4.52. The number of carbonyl (C=O) groups excluding carboxylic acids is 1. The second-order valence-electron chi connectivity index (χ2n) is 9.23. The first-order chi connectivity index (χ1) is 16.4. The highest BCUT2D eigenvalue weighted by molar-refractivity contribution is 7.89. The van der Waals surface area contributed by atoms with Crippen LogP contribution in [0.1, 0.15) is 62.2 Å². The molecule has 1 N–H and O–H groups in total. The number of anilines is 2. The van der Waals surface area contributed by atoms with E-state index in [0.29, 0.717) is 12.2 Å². The molecule has 0 aliphatic carbocycles. The molecule has 2 saturated heterocycles. The first-order valence-corrected chi connectivity index (χ1v) is 13.7. The number of piperidine rings is 1. The van der Waals surface area contributed by atoms with Gasteiger partial charge in [-0.2, -0.15) is 4.31 Å². The molecule has 2 heterocycles. The van der Waals surface area contributed by atoms with Crippen molar-refractivity contribution in [2.24, 2.45) is 0 Å². The van der Waals surface area contributed by atoms with Crippen molar-refractivity contribution in [3.63, 3.8) is 0 Å². The molecule has 2 aromatic carbocycles. The van der Waals surface area contributed by atoms with E-state index in [1.807, 2.05) is 31.2 Å². The molecule has 1 atom stereocenters. The van der Waals surface area contributed by atoms with E-state index in [0.717, 1.165) is 38.0 Å². The van der Waals surface area contributed by atoms with E-state index in [4.69, 9.17) is 4.74 Å². The molecule has 1 amide bonds. The molecule has 0 aromatic heterocycles. The molecule has 34 heavy (non-hydrogen) atoms. The van der Waals surface area contributed by atoms with Crippen LogP contribution >= 0.6 is 0 Å². The number of amides is 1. The highest BCUT2D eigenvalue weighted by Gasteiger charge is 2.33. The minimum absolute atomic E-state index is 0.0351. The molecule has 2 aliphatic rings. The van der Waals surface area contributed by atoms with Gasteiger partial charge in [0.1, 0.15) is 10.6 Å². The fraction of sp³-hybridized carbons (Fsp3) is 0.500. The number of rotatable bonds is 6. The van der Waals surface area contributed by atoms with Crippen LogP contribution < -0.4 is 15.0 Å². The average Bonchev–Trinajstić information content (AvgIpc) is 3.14. The maximum Gasteiger partial charge on any atom is 0.255 e. The summed E-state index contributed by atoms with van der Waals surface area (Å²) in [5.74, 6) is -0.107. The van der Waals surface area contributed by atoms with Crippen LogP contribution in [0.5, 0.6) is 5.75 Å². The van der Waals surface area contributed by atoms with Gasteiger partial charge in [0.05, 0.1) is 7.11 Å². The Bertz CT molecular complexity index is 1090. The van der Waals surface area contributed by atoms with Crippen LogP contribution in [0.4, 0.5) is 11.4 Å². The standard InChI is InChI=1S/C26H35N3O4S/c1-20-9-5-8-18-29(20)34(31,32)25-19-21(10-15-24(25)33-2)26(30)27-22-11-13-23(14-12-22)28-16-6-3-4-7-17-28/h10-15,19-20H,3-9,16-18H2,1-2H3,(H,27,30). The lowest BCUT2D eigenvalue weighted by Crippen LogP contribution is -2.42. The van der Waals surface area contributed by atoms with Crippen LogP contribution in [-0.4, -0.2) is 51.4 Å². The zero-order valence-electron chi connectivity index (χ0n) is 20.1. The zero-order chi connectivity index (χ0) is 24.1. The average molecular weight is 486 g/mol. The molecule has 4 rings (SSSR count). The number of hydrogen-bond donors (Lipinski definition) is 1. The van der Waals surface area contributed by atoms with Crippen molar-refractivity contribution >= 4 is 27.3 Å². The fourth-order valence-corrected chi connectivity index (χ4v) is 6.75. The SMILES string of the molecule is COc1ccc(C(=O)Nc2ccc(N3CCCCCC3)cc2)cc1S(=O)(=O)N1CCCCC1C. The number of nitrogens with zero attached hydrogens (tertiary/aromatic N) is 2. The van der Waals surface area contributed by atoms with Crippen LogP contribution in [0.3, 0.4) is 0 Å². The molecule has 184 valence electrons. The van der Waals surface area contributed by atoms with Crippen molar-refractivity contribution in [1.29, 1.82) is 0 Å². The van der Waals surface area contributed by atoms with Gasteiger partial charge in [-0.25, -0.2) is 8.42 Å². The molecule has 1 unspecified atom stereocenters. The van der Waals surface area contributed by atoms with Crippen molar-refractivity contribution in [2.45, 2.75) is 62.8 Å². The Labute approximate surface area is 203 Å². The third-order valence-corrected chi connectivity index (χ3v) is 8.89. The Morgan fingerprint density at radius 1 is 0.941 bits per heavy atom. The van der Waals surface area contributed by atoms with Crippen molar-refractivity contribution in [1.82, 2.24) is 4.31 Å². The molecule has 2 aliphatic heterocycles. The predicted molar refractivity (Wildman–Crippen MR) is 135 cm³/mol. The normalized spacial score (nSPS) is 19.9. The van der Waals surface area contributed by atoms with Gasteiger partial charge in [-0.1, -0.05) is 19.3 Å². The van der Waals surface area contributed by atoms with Crippen LogP contribution in [0.15, 0.2) is 47.4 Å². The summed E-state index contributed by atoms with van der Waals surface area (Å²) in [4.78, 5) is 15.4. The first kappa shape index (κ1) is 24.5. The molecule has 2 fully saturated rings. The van der Waals surface area contributed by atoms with Crippen LogP contribution in [0, 0.1) is 0 Å². The minimum atomic E-state index is -3.78. The Kier molecular flexibility index (Phi) is 7.78. The molecular weight excluding hydrogens is 450 g/mol. The molecule has 0 saturated carbocycles. The lowest BCUT2D eigenvalue weighted by atomic mass is 10.1. The fourth-order valence-electron chi connectivity index (χ4n) is 4.86. The molecule has 0 spiro atoms. The molecule has 8 heteroatoms. The number of nitrogens with one attached hydrogen (secondary N) is 1. The summed E-state index contributed by atoms with van der Waals surface area (Å²) < 4.78 is 33.7. The number of benzene rings is 2. The van der Waals surface area contributed by atoms with Crippen molar-refractivity contribution in [3.05, 3.63) is 48.0 Å². The molecule has 0 bridgehead atoms. The molecule has 7 nitrogen and oxygen atoms in total. The third kappa shape index (κ3) is 5.39. The van der Waals surface area contributed by atoms with E-state index < -0.39 is 10.0 Å². The van der Waals surface area contributed by atoms with Gasteiger partial charge in [0.2, 0.25) is 10.0 Å². The number of methoxy groups -OCH3 is 1. The topological polar surface area (TPSA) is 79.0 Å². The van der Waals surface area contributed by atoms with Crippen LogP contribution in [0.2, 0.25) is 0 Å². The zero-order valence-corrected chi connectivity index (χ0v) is 20.9. The van der Waals surface area contributed by atoms with Crippen molar-refractivity contribution < 1.29 is 17.9 Å². The van der Waals surface area contributed by atoms with Crippen LogP contribution in [-0.2, 0) is 10.0 Å². The number of carbonyl (C=O) groups is 1. The third-order valence-electron chi connectivity index (χ3n) is 6.85. The van der Waals surface area contributed by atoms with Crippen molar-refractivity contribution in [2.75, 3.05) is 37.0 Å². The second-order valence-corrected chi connectivity index (χ2v) is 11.1. The van der Waals surface area contributed by atoms with Gasteiger partial charge in [0, 0.05) is 42.6 Å². The van der Waals surface area contributed by atoms with Gasteiger partial charge >= 0.3 is 0 Å². The summed E-state index contributed by atoms with van der Waals surface area (Å²) in [5.41, 5.74) is 2.11. The lowest BCUT2D eigenvalue weighted by Gasteiger charge is -2.32. The predicted octanol–water partition coefficient (Wildman–Crippen LogP) is 4.89. The van der Waals surface area contributed by atoms with Gasteiger partial charge in [0.15, 0.2) is 0 Å². The lowest BCUT2D eigenvalue weighted by molar-refractivity contribution is 0.102. The highest BCUT2D eigenvalue weighted by atomic mass is 32.2. The molecule has 2 aromatic rings. The minimum Gasteiger partial charge on any atom is -0.495 e. The van der Waals surface area contributed by atoms with Gasteiger partial charge in [-0.05, 0) is 75.1 Å². The van der Waals surface area contributed by atoms with E-state index in [1.165, 1.54) is 43.2 Å². The smallest absolute Gasteiger partial charge is 0.255 e. The number of ether oxygens (including phenoxy) is 1. The number of hydrogen-bond acceptors (Lipinski definition) is 5. The van der Waals surface area contributed by atoms with Gasteiger partial charge < -0.3 is 15.0 Å². The summed E-state index contributed by atoms with van der Waals surface area (Å²) in [5, 5.41) is 2.90. The van der Waals surface area contributed by atoms with E-state index in [1.54, 1.807) is 12.1 Å². The summed E-state index contributed by atoms with van der Waals surface area (Å²) >= 11 is 0. The first-order valence-electron chi connectivity index (χ1n) is 12.3. The van der Waals surface area contributed by atoms with Gasteiger partial charge in [-0.3, -0.25) is 4.79 Å². The van der Waals surface area contributed by atoms with E-state index in [-0.39, 0.29) is 28.2 Å². The van der Waals surface area contributed by atoms with E-state index >= 15 is 0 Å². The quantitative estimate of drug-likeness (QED) is 0.630. The maximum atomic E-state index is 13.4. The van der Waals surface area contributed by atoms with Crippen molar-refractivity contribution in [3.8, 4) is 5.75 Å². The highest BCUT2D eigenvalue weighted by Crippen LogP contribution is 2.32. The van der Waals surface area contributed by atoms with E-state index in [2.05, 4.69) is 10.2 Å². The van der Waals surface area contributed by atoms with Gasteiger partial charge in [-0.15, -0.1) is 0 Å². The monoisotopic (exact) mass is 485 g/mol. The summed E-state index contributed by atoms with van der Waals surface area (Å²) in [7, 11) is -2.34. The maximum absolute atomic E-state index is 13.4. The Morgan fingerprint density at radius 2 is 1.62 bits per heavy atom. The molecule has 0 radical (unpaired) electrons. The largest absolute Gasteiger partial charge is 0.495 e. The Balaban J connectivity index is 1.52. The Hall–Kier alpha value is -2.58. The van der Waals surface area contributed by atoms with Gasteiger partial charge in [0.25, 0.3) is 5.91 Å². The summed E-state index contributed by atoms with van der Waals surface area (Å²) in [6, 6.07) is 12.4. The number of sulfonamides is 1. The summed E-state index contributed by atoms with van der Waals surface area (Å²) in [6.07, 6.45) is 7.65. The van der Waals surface area contributed by atoms with Crippen LogP contribution in [0.25, 0.3) is 0 Å². The second kappa shape index (κ2) is 10.8. The Morgan fingerprint density at radius 3 is 2.26 bits per heavy atom.